The summed E-state index contributed by atoms with van der Waals surface area (Å²) in [4.78, 5) is 12.3. The Labute approximate surface area is 228 Å². The number of nitrogens with one attached hydrogen (secondary N) is 1. The number of allylic oxidation sites excluding steroid dienone is 5. The summed E-state index contributed by atoms with van der Waals surface area (Å²) in [5, 5.41) is 32.6. The molecule has 0 saturated heterocycles. The Morgan fingerprint density at radius 3 is 1.65 bits per heavy atom. The molecule has 0 heterocycles. The molecule has 0 saturated carbocycles. The SMILES string of the molecule is C/C=C/CC/C=C/CC/C=C/C(O)C(CO)NC(=O)C(O)CCCCCCCCCCCCCCCC. The lowest BCUT2D eigenvalue weighted by Crippen LogP contribution is -2.48. The normalized spacial score (nSPS) is 14.6. The highest BCUT2D eigenvalue weighted by molar-refractivity contribution is 5.80. The standard InChI is InChI=1S/C32H59NO4/c1-3-5-7-9-11-13-14-15-16-17-19-21-23-25-27-31(36)32(37)33-29(28-34)30(35)26-24-22-20-18-12-10-8-6-4-2/h4,6,12,18,24,26,29-31,34-36H,3,5,7-11,13-17,19-23,25,27-28H2,1-2H3,(H,33,37)/b6-4+,18-12+,26-24+. The molecule has 0 aliphatic rings. The van der Waals surface area contributed by atoms with Gasteiger partial charge in [0.05, 0.1) is 18.8 Å². The van der Waals surface area contributed by atoms with E-state index in [9.17, 15) is 20.1 Å². The van der Waals surface area contributed by atoms with Gasteiger partial charge in [-0.1, -0.05) is 133 Å². The Bertz CT molecular complexity index is 587. The van der Waals surface area contributed by atoms with Crippen molar-refractivity contribution in [2.75, 3.05) is 6.61 Å². The van der Waals surface area contributed by atoms with Gasteiger partial charge in [0.2, 0.25) is 5.91 Å². The van der Waals surface area contributed by atoms with Crippen molar-refractivity contribution < 1.29 is 20.1 Å². The number of aliphatic hydroxyl groups excluding tert-OH is 3. The molecule has 0 bridgehead atoms. The van der Waals surface area contributed by atoms with Gasteiger partial charge in [-0.25, -0.2) is 0 Å². The molecule has 0 aromatic carbocycles. The third-order valence-electron chi connectivity index (χ3n) is 6.81. The lowest BCUT2D eigenvalue weighted by Gasteiger charge is -2.21. The zero-order valence-electron chi connectivity index (χ0n) is 24.1. The van der Waals surface area contributed by atoms with Crippen LogP contribution in [0.2, 0.25) is 0 Å². The van der Waals surface area contributed by atoms with Crippen molar-refractivity contribution in [3.63, 3.8) is 0 Å². The van der Waals surface area contributed by atoms with E-state index < -0.39 is 24.2 Å². The van der Waals surface area contributed by atoms with Gasteiger partial charge in [-0.2, -0.15) is 0 Å². The maximum Gasteiger partial charge on any atom is 0.249 e. The molecule has 0 aliphatic carbocycles. The van der Waals surface area contributed by atoms with E-state index in [0.29, 0.717) is 6.42 Å². The first-order valence-corrected chi connectivity index (χ1v) is 15.3. The van der Waals surface area contributed by atoms with Crippen molar-refractivity contribution >= 4 is 5.91 Å². The van der Waals surface area contributed by atoms with Crippen LogP contribution in [-0.2, 0) is 4.79 Å². The summed E-state index contributed by atoms with van der Waals surface area (Å²) in [5.41, 5.74) is 0. The summed E-state index contributed by atoms with van der Waals surface area (Å²) in [5.74, 6) is -0.523. The highest BCUT2D eigenvalue weighted by atomic mass is 16.3. The quantitative estimate of drug-likeness (QED) is 0.0710. The smallest absolute Gasteiger partial charge is 0.249 e. The maximum atomic E-state index is 12.3. The van der Waals surface area contributed by atoms with Crippen molar-refractivity contribution in [3.05, 3.63) is 36.5 Å². The van der Waals surface area contributed by atoms with Gasteiger partial charge in [0.15, 0.2) is 0 Å². The van der Waals surface area contributed by atoms with Gasteiger partial charge >= 0.3 is 0 Å². The number of carbonyl (C=O) groups is 1. The fourth-order valence-electron chi connectivity index (χ4n) is 4.34. The molecular weight excluding hydrogens is 462 g/mol. The first-order chi connectivity index (χ1) is 18.1. The fourth-order valence-corrected chi connectivity index (χ4v) is 4.34. The zero-order chi connectivity index (χ0) is 27.4. The zero-order valence-corrected chi connectivity index (χ0v) is 24.1. The molecule has 0 rings (SSSR count). The summed E-state index contributed by atoms with van der Waals surface area (Å²) in [7, 11) is 0. The number of hydrogen-bond acceptors (Lipinski definition) is 4. The summed E-state index contributed by atoms with van der Waals surface area (Å²) in [6, 6.07) is -0.814. The molecule has 5 nitrogen and oxygen atoms in total. The Morgan fingerprint density at radius 2 is 1.16 bits per heavy atom. The minimum Gasteiger partial charge on any atom is -0.394 e. The van der Waals surface area contributed by atoms with Crippen LogP contribution in [0.15, 0.2) is 36.5 Å². The molecule has 3 unspecified atom stereocenters. The first-order valence-electron chi connectivity index (χ1n) is 15.3. The van der Waals surface area contributed by atoms with E-state index in [1.807, 2.05) is 19.1 Å². The number of hydrogen-bond donors (Lipinski definition) is 4. The van der Waals surface area contributed by atoms with E-state index in [4.69, 9.17) is 0 Å². The molecule has 37 heavy (non-hydrogen) atoms. The molecule has 0 spiro atoms. The molecule has 0 radical (unpaired) electrons. The third-order valence-corrected chi connectivity index (χ3v) is 6.81. The second-order valence-corrected chi connectivity index (χ2v) is 10.3. The van der Waals surface area contributed by atoms with E-state index >= 15 is 0 Å². The Balaban J connectivity index is 3.83. The number of carbonyl (C=O) groups excluding carboxylic acids is 1. The van der Waals surface area contributed by atoms with E-state index in [0.717, 1.165) is 44.9 Å². The fraction of sp³-hybridized carbons (Fsp3) is 0.781. The highest BCUT2D eigenvalue weighted by Crippen LogP contribution is 2.14. The number of unbranched alkanes of at least 4 members (excludes halogenated alkanes) is 15. The maximum absolute atomic E-state index is 12.3. The molecule has 1 amide bonds. The van der Waals surface area contributed by atoms with Gasteiger partial charge < -0.3 is 20.6 Å². The monoisotopic (exact) mass is 521 g/mol. The van der Waals surface area contributed by atoms with Crippen molar-refractivity contribution in [3.8, 4) is 0 Å². The van der Waals surface area contributed by atoms with Crippen molar-refractivity contribution in [1.29, 1.82) is 0 Å². The van der Waals surface area contributed by atoms with Crippen LogP contribution in [-0.4, -0.2) is 46.1 Å². The summed E-state index contributed by atoms with van der Waals surface area (Å²) >= 11 is 0. The van der Waals surface area contributed by atoms with Crippen LogP contribution in [0.5, 0.6) is 0 Å². The largest absolute Gasteiger partial charge is 0.394 e. The molecule has 0 fully saturated rings. The van der Waals surface area contributed by atoms with Crippen LogP contribution in [0.1, 0.15) is 136 Å². The molecule has 0 aromatic rings. The Kier molecular flexibility index (Phi) is 26.5. The lowest BCUT2D eigenvalue weighted by molar-refractivity contribution is -0.131. The lowest BCUT2D eigenvalue weighted by atomic mass is 10.0. The minimum absolute atomic E-state index is 0.381. The van der Waals surface area contributed by atoms with Gasteiger partial charge in [-0.05, 0) is 39.0 Å². The number of rotatable bonds is 26. The molecule has 216 valence electrons. The first kappa shape index (κ1) is 35.6. The van der Waals surface area contributed by atoms with E-state index in [1.54, 1.807) is 6.08 Å². The van der Waals surface area contributed by atoms with Gasteiger partial charge in [0.1, 0.15) is 6.10 Å². The Morgan fingerprint density at radius 1 is 0.703 bits per heavy atom. The molecule has 5 heteroatoms. The summed E-state index contributed by atoms with van der Waals surface area (Å²) < 4.78 is 0. The topological polar surface area (TPSA) is 89.8 Å². The van der Waals surface area contributed by atoms with Crippen molar-refractivity contribution in [2.24, 2.45) is 0 Å². The minimum atomic E-state index is -1.10. The van der Waals surface area contributed by atoms with E-state index in [-0.39, 0.29) is 6.61 Å². The predicted octanol–water partition coefficient (Wildman–Crippen LogP) is 7.31. The van der Waals surface area contributed by atoms with Gasteiger partial charge in [0.25, 0.3) is 0 Å². The number of aliphatic hydroxyl groups is 3. The van der Waals surface area contributed by atoms with Crippen LogP contribution >= 0.6 is 0 Å². The van der Waals surface area contributed by atoms with E-state index in [2.05, 4.69) is 30.5 Å². The second kappa shape index (κ2) is 27.6. The summed E-state index contributed by atoms with van der Waals surface area (Å²) in [6.45, 7) is 3.89. The molecule has 3 atom stereocenters. The molecule has 4 N–H and O–H groups in total. The predicted molar refractivity (Wildman–Crippen MR) is 158 cm³/mol. The van der Waals surface area contributed by atoms with Gasteiger partial charge in [-0.3, -0.25) is 4.79 Å². The average molecular weight is 522 g/mol. The molecule has 0 aliphatic heterocycles. The second-order valence-electron chi connectivity index (χ2n) is 10.3. The van der Waals surface area contributed by atoms with Crippen LogP contribution in [0.4, 0.5) is 0 Å². The number of amides is 1. The van der Waals surface area contributed by atoms with Gasteiger partial charge in [0, 0.05) is 0 Å². The van der Waals surface area contributed by atoms with Crippen molar-refractivity contribution in [1.82, 2.24) is 5.32 Å². The van der Waals surface area contributed by atoms with Gasteiger partial charge in [-0.15, -0.1) is 0 Å². The van der Waals surface area contributed by atoms with Crippen LogP contribution in [0.3, 0.4) is 0 Å². The van der Waals surface area contributed by atoms with E-state index in [1.165, 1.54) is 70.6 Å². The molecular formula is C32H59NO4. The third kappa shape index (κ3) is 23.4. The summed E-state index contributed by atoms with van der Waals surface area (Å²) in [6.07, 6.45) is 31.7. The van der Waals surface area contributed by atoms with Crippen LogP contribution < -0.4 is 5.32 Å². The highest BCUT2D eigenvalue weighted by Gasteiger charge is 2.22. The van der Waals surface area contributed by atoms with Crippen LogP contribution in [0, 0.1) is 0 Å². The Hall–Kier alpha value is -1.43. The molecule has 0 aromatic heterocycles. The van der Waals surface area contributed by atoms with Crippen molar-refractivity contribution in [2.45, 2.75) is 154 Å². The average Bonchev–Trinajstić information content (AvgIpc) is 2.90. The van der Waals surface area contributed by atoms with Crippen LogP contribution in [0.25, 0.3) is 0 Å².